The van der Waals surface area contributed by atoms with Crippen LogP contribution in [0.2, 0.25) is 0 Å². The third-order valence-corrected chi connectivity index (χ3v) is 5.59. The SMILES string of the molecule is CCC12COC(=O)N1CCN(C(=O)c1cc3ccc(OC(C)C)cc3oc1=O)C2. The number of rotatable bonds is 4. The van der Waals surface area contributed by atoms with Gasteiger partial charge in [0.2, 0.25) is 0 Å². The minimum Gasteiger partial charge on any atom is -0.491 e. The number of carbonyl (C=O) groups is 2. The molecule has 29 heavy (non-hydrogen) atoms. The van der Waals surface area contributed by atoms with Crippen molar-refractivity contribution in [1.82, 2.24) is 9.80 Å². The van der Waals surface area contributed by atoms with Gasteiger partial charge in [0.05, 0.1) is 11.6 Å². The summed E-state index contributed by atoms with van der Waals surface area (Å²) in [5.74, 6) is 0.205. The fraction of sp³-hybridized carbons (Fsp3) is 0.476. The molecule has 2 saturated heterocycles. The van der Waals surface area contributed by atoms with E-state index in [4.69, 9.17) is 13.9 Å². The number of nitrogens with zero attached hydrogens (tertiary/aromatic N) is 2. The second kappa shape index (κ2) is 7.09. The normalized spacial score (nSPS) is 21.4. The Morgan fingerprint density at radius 2 is 2.03 bits per heavy atom. The van der Waals surface area contributed by atoms with E-state index in [1.807, 2.05) is 20.8 Å². The van der Waals surface area contributed by atoms with Gasteiger partial charge in [-0.1, -0.05) is 6.92 Å². The van der Waals surface area contributed by atoms with E-state index in [2.05, 4.69) is 0 Å². The maximum Gasteiger partial charge on any atom is 0.410 e. The van der Waals surface area contributed by atoms with Crippen LogP contribution in [0.4, 0.5) is 4.79 Å². The summed E-state index contributed by atoms with van der Waals surface area (Å²) in [6.45, 7) is 7.08. The third kappa shape index (κ3) is 3.32. The van der Waals surface area contributed by atoms with Crippen molar-refractivity contribution in [3.05, 3.63) is 40.2 Å². The first-order chi connectivity index (χ1) is 13.8. The minimum absolute atomic E-state index is 0.00368. The molecule has 0 N–H and O–H groups in total. The molecule has 0 radical (unpaired) electrons. The molecule has 1 atom stereocenters. The van der Waals surface area contributed by atoms with Crippen molar-refractivity contribution in [2.45, 2.75) is 38.8 Å². The Labute approximate surface area is 168 Å². The maximum absolute atomic E-state index is 13.1. The van der Waals surface area contributed by atoms with E-state index >= 15 is 0 Å². The van der Waals surface area contributed by atoms with Gasteiger partial charge in [-0.25, -0.2) is 9.59 Å². The molecule has 2 aromatic rings. The van der Waals surface area contributed by atoms with E-state index in [1.54, 1.807) is 34.1 Å². The quantitative estimate of drug-likeness (QED) is 0.733. The fourth-order valence-corrected chi connectivity index (χ4v) is 3.99. The van der Waals surface area contributed by atoms with Gasteiger partial charge in [-0.2, -0.15) is 0 Å². The first-order valence-electron chi connectivity index (χ1n) is 9.81. The minimum atomic E-state index is -0.684. The Kier molecular flexibility index (Phi) is 4.72. The van der Waals surface area contributed by atoms with Gasteiger partial charge in [0.15, 0.2) is 0 Å². The highest BCUT2D eigenvalue weighted by molar-refractivity contribution is 5.97. The largest absolute Gasteiger partial charge is 0.491 e. The average molecular weight is 400 g/mol. The fourth-order valence-electron chi connectivity index (χ4n) is 3.99. The van der Waals surface area contributed by atoms with Gasteiger partial charge in [0.25, 0.3) is 5.91 Å². The molecule has 1 aromatic carbocycles. The molecule has 1 aromatic heterocycles. The highest BCUT2D eigenvalue weighted by Crippen LogP contribution is 2.32. The summed E-state index contributed by atoms with van der Waals surface area (Å²) in [5.41, 5.74) is -0.865. The molecule has 2 amide bonds. The summed E-state index contributed by atoms with van der Waals surface area (Å²) in [6.07, 6.45) is 0.313. The van der Waals surface area contributed by atoms with Crippen LogP contribution in [-0.4, -0.2) is 59.7 Å². The zero-order valence-electron chi connectivity index (χ0n) is 16.8. The van der Waals surface area contributed by atoms with E-state index in [9.17, 15) is 14.4 Å². The molecule has 2 aliphatic heterocycles. The predicted molar refractivity (Wildman–Crippen MR) is 105 cm³/mol. The lowest BCUT2D eigenvalue weighted by atomic mass is 9.92. The van der Waals surface area contributed by atoms with Crippen LogP contribution in [-0.2, 0) is 4.74 Å². The van der Waals surface area contributed by atoms with E-state index in [1.165, 1.54) is 0 Å². The van der Waals surface area contributed by atoms with E-state index < -0.39 is 17.1 Å². The summed E-state index contributed by atoms with van der Waals surface area (Å²) < 4.78 is 16.2. The molecule has 154 valence electrons. The molecule has 8 heteroatoms. The number of hydrogen-bond donors (Lipinski definition) is 0. The van der Waals surface area contributed by atoms with Crippen molar-refractivity contribution in [1.29, 1.82) is 0 Å². The third-order valence-electron chi connectivity index (χ3n) is 5.59. The number of benzene rings is 1. The molecular formula is C21H24N2O6. The Hall–Kier alpha value is -3.03. The molecule has 0 aliphatic carbocycles. The van der Waals surface area contributed by atoms with Gasteiger partial charge in [-0.05, 0) is 38.5 Å². The smallest absolute Gasteiger partial charge is 0.410 e. The van der Waals surface area contributed by atoms with Gasteiger partial charge >= 0.3 is 11.7 Å². The van der Waals surface area contributed by atoms with Crippen LogP contribution < -0.4 is 10.4 Å². The van der Waals surface area contributed by atoms with Crippen LogP contribution in [0, 0.1) is 0 Å². The molecule has 2 aliphatic rings. The van der Waals surface area contributed by atoms with Crippen LogP contribution in [0.5, 0.6) is 5.75 Å². The zero-order valence-corrected chi connectivity index (χ0v) is 16.8. The van der Waals surface area contributed by atoms with Crippen LogP contribution in [0.15, 0.2) is 33.5 Å². The zero-order chi connectivity index (χ0) is 20.8. The molecule has 0 saturated carbocycles. The average Bonchev–Trinajstić information content (AvgIpc) is 3.03. The van der Waals surface area contributed by atoms with E-state index in [0.717, 1.165) is 0 Å². The van der Waals surface area contributed by atoms with E-state index in [0.29, 0.717) is 42.8 Å². The summed E-state index contributed by atoms with van der Waals surface area (Å²) in [5, 5.41) is 0.646. The number of amides is 2. The second-order valence-corrected chi connectivity index (χ2v) is 7.82. The van der Waals surface area contributed by atoms with Crippen molar-refractivity contribution in [3.63, 3.8) is 0 Å². The van der Waals surface area contributed by atoms with Crippen molar-refractivity contribution < 1.29 is 23.5 Å². The van der Waals surface area contributed by atoms with Gasteiger partial charge in [-0.15, -0.1) is 0 Å². The van der Waals surface area contributed by atoms with Crippen LogP contribution in [0.1, 0.15) is 37.6 Å². The highest BCUT2D eigenvalue weighted by Gasteiger charge is 2.50. The Morgan fingerprint density at radius 1 is 1.24 bits per heavy atom. The summed E-state index contributed by atoms with van der Waals surface area (Å²) in [7, 11) is 0. The van der Waals surface area contributed by atoms with Gasteiger partial charge in [0, 0.05) is 31.1 Å². The standard InChI is InChI=1S/C21H24N2O6/c1-4-21-11-22(7-8-23(21)20(26)27-12-21)18(24)16-9-14-5-6-15(28-13(2)3)10-17(14)29-19(16)25/h5-6,9-10,13H,4,7-8,11-12H2,1-3H3. The molecule has 0 spiro atoms. The number of fused-ring (bicyclic) bond motifs is 2. The van der Waals surface area contributed by atoms with Gasteiger partial charge in [-0.3, -0.25) is 9.69 Å². The molecule has 2 fully saturated rings. The molecule has 0 bridgehead atoms. The van der Waals surface area contributed by atoms with Crippen molar-refractivity contribution >= 4 is 23.0 Å². The molecule has 1 unspecified atom stereocenters. The lowest BCUT2D eigenvalue weighted by molar-refractivity contribution is 0.0359. The molecule has 8 nitrogen and oxygen atoms in total. The number of cyclic esters (lactones) is 1. The van der Waals surface area contributed by atoms with Gasteiger partial charge in [0.1, 0.15) is 23.5 Å². The van der Waals surface area contributed by atoms with Gasteiger partial charge < -0.3 is 18.8 Å². The molecule has 4 rings (SSSR count). The summed E-state index contributed by atoms with van der Waals surface area (Å²) in [4.78, 5) is 40.9. The molecule has 3 heterocycles. The predicted octanol–water partition coefficient (Wildman–Crippen LogP) is 2.64. The first kappa shape index (κ1) is 19.3. The Balaban J connectivity index is 1.62. The van der Waals surface area contributed by atoms with Crippen molar-refractivity contribution in [2.24, 2.45) is 0 Å². The second-order valence-electron chi connectivity index (χ2n) is 7.82. The van der Waals surface area contributed by atoms with Crippen molar-refractivity contribution in [2.75, 3.05) is 26.2 Å². The van der Waals surface area contributed by atoms with Crippen LogP contribution >= 0.6 is 0 Å². The highest BCUT2D eigenvalue weighted by atomic mass is 16.6. The number of carbonyl (C=O) groups excluding carboxylic acids is 2. The lowest BCUT2D eigenvalue weighted by Crippen LogP contribution is -2.62. The number of hydrogen-bond acceptors (Lipinski definition) is 6. The molecular weight excluding hydrogens is 376 g/mol. The maximum atomic E-state index is 13.1. The lowest BCUT2D eigenvalue weighted by Gasteiger charge is -2.44. The van der Waals surface area contributed by atoms with Crippen molar-refractivity contribution in [3.8, 4) is 5.75 Å². The number of piperazine rings is 1. The Bertz CT molecular complexity index is 1030. The summed E-state index contributed by atoms with van der Waals surface area (Å²) in [6, 6.07) is 6.76. The topological polar surface area (TPSA) is 89.3 Å². The summed E-state index contributed by atoms with van der Waals surface area (Å²) >= 11 is 0. The van der Waals surface area contributed by atoms with Crippen LogP contribution in [0.3, 0.4) is 0 Å². The van der Waals surface area contributed by atoms with E-state index in [-0.39, 0.29) is 24.4 Å². The monoisotopic (exact) mass is 400 g/mol. The Morgan fingerprint density at radius 3 is 2.76 bits per heavy atom. The number of ether oxygens (including phenoxy) is 2. The van der Waals surface area contributed by atoms with Crippen LogP contribution in [0.25, 0.3) is 11.0 Å². The first-order valence-corrected chi connectivity index (χ1v) is 9.81.